The molecule has 1 fully saturated rings. The van der Waals surface area contributed by atoms with Crippen LogP contribution in [0.4, 0.5) is 0 Å². The van der Waals surface area contributed by atoms with Gasteiger partial charge >= 0.3 is 5.97 Å². The average Bonchev–Trinajstić information content (AvgIpc) is 3.46. The van der Waals surface area contributed by atoms with E-state index in [2.05, 4.69) is 39.6 Å². The average molecular weight is 559 g/mol. The molecule has 7 nitrogen and oxygen atoms in total. The molecule has 1 aromatic heterocycles. The fourth-order valence-electron chi connectivity index (χ4n) is 5.68. The number of thiazole rings is 1. The summed E-state index contributed by atoms with van der Waals surface area (Å²) in [5.74, 6) is 0.0349. The van der Waals surface area contributed by atoms with Crippen LogP contribution in [0.5, 0.6) is 5.75 Å². The molecule has 0 N–H and O–H groups in total. The Morgan fingerprint density at radius 2 is 1.87 bits per heavy atom. The molecular weight excluding hydrogens is 512 g/mol. The molecule has 8 heteroatoms. The molecule has 0 saturated carbocycles. The van der Waals surface area contributed by atoms with E-state index >= 15 is 0 Å². The number of hydrogen-bond acceptors (Lipinski definition) is 7. The minimum Gasteiger partial charge on any atom is -0.496 e. The van der Waals surface area contributed by atoms with Crippen molar-refractivity contribution in [2.24, 2.45) is 11.8 Å². The van der Waals surface area contributed by atoms with Gasteiger partial charge in [-0.2, -0.15) is 0 Å². The van der Waals surface area contributed by atoms with Crippen molar-refractivity contribution in [2.45, 2.75) is 97.8 Å². The van der Waals surface area contributed by atoms with Crippen molar-refractivity contribution < 1.29 is 23.8 Å². The standard InChI is InChI=1S/C31H46N2O5S/c1-11-37-17-22-16-31(15-20(2)3,28(35)38-30(7,8)9)33(26(22)24-18-39-19-32-24)27(34)21-12-13-23(29(4,5)6)25(14-21)36-10/h12-14,18-20,22,26H,11,15-17H2,1-10H3/t22-,26?,31+/m1/s1. The Kier molecular flexibility index (Phi) is 9.54. The smallest absolute Gasteiger partial charge is 0.332 e. The van der Waals surface area contributed by atoms with Gasteiger partial charge in [-0.15, -0.1) is 11.3 Å². The summed E-state index contributed by atoms with van der Waals surface area (Å²) >= 11 is 1.48. The van der Waals surface area contributed by atoms with Crippen molar-refractivity contribution in [2.75, 3.05) is 20.3 Å². The molecule has 1 unspecified atom stereocenters. The molecule has 2 aromatic rings. The van der Waals surface area contributed by atoms with E-state index in [1.165, 1.54) is 11.3 Å². The van der Waals surface area contributed by atoms with Gasteiger partial charge in [0.15, 0.2) is 0 Å². The summed E-state index contributed by atoms with van der Waals surface area (Å²) in [5, 5.41) is 1.97. The Morgan fingerprint density at radius 1 is 1.18 bits per heavy atom. The lowest BCUT2D eigenvalue weighted by molar-refractivity contribution is -0.168. The summed E-state index contributed by atoms with van der Waals surface area (Å²) in [7, 11) is 1.62. The fraction of sp³-hybridized carbons (Fsp3) is 0.645. The number of amides is 1. The van der Waals surface area contributed by atoms with Gasteiger partial charge in [0.2, 0.25) is 0 Å². The lowest BCUT2D eigenvalue weighted by Gasteiger charge is -2.41. The third-order valence-electron chi connectivity index (χ3n) is 7.08. The minimum absolute atomic E-state index is 0.127. The van der Waals surface area contributed by atoms with Crippen molar-refractivity contribution in [1.29, 1.82) is 0 Å². The van der Waals surface area contributed by atoms with E-state index < -0.39 is 17.2 Å². The van der Waals surface area contributed by atoms with Gasteiger partial charge in [0.1, 0.15) is 16.9 Å². The van der Waals surface area contributed by atoms with Gasteiger partial charge < -0.3 is 19.1 Å². The van der Waals surface area contributed by atoms with Gasteiger partial charge in [-0.05, 0) is 69.6 Å². The molecule has 1 aromatic carbocycles. The number of nitrogens with zero attached hydrogens (tertiary/aromatic N) is 2. The highest BCUT2D eigenvalue weighted by molar-refractivity contribution is 7.07. The van der Waals surface area contributed by atoms with Gasteiger partial charge in [0.25, 0.3) is 5.91 Å². The summed E-state index contributed by atoms with van der Waals surface area (Å²) in [4.78, 5) is 35.3. The quantitative estimate of drug-likeness (QED) is 0.315. The summed E-state index contributed by atoms with van der Waals surface area (Å²) in [6, 6.07) is 5.16. The number of rotatable bonds is 9. The maximum Gasteiger partial charge on any atom is 0.332 e. The number of likely N-dealkylation sites (tertiary alicyclic amines) is 1. The highest BCUT2D eigenvalue weighted by Gasteiger charge is 2.60. The monoisotopic (exact) mass is 558 g/mol. The first-order chi connectivity index (χ1) is 18.1. The summed E-state index contributed by atoms with van der Waals surface area (Å²) in [6.45, 7) is 19.0. The first kappa shape index (κ1) is 31.1. The summed E-state index contributed by atoms with van der Waals surface area (Å²) < 4.78 is 17.7. The van der Waals surface area contributed by atoms with Gasteiger partial charge in [-0.3, -0.25) is 4.79 Å². The maximum atomic E-state index is 14.7. The maximum absolute atomic E-state index is 14.7. The molecule has 2 heterocycles. The second kappa shape index (κ2) is 12.0. The van der Waals surface area contributed by atoms with Crippen LogP contribution in [0.1, 0.15) is 103 Å². The molecule has 0 spiro atoms. The number of carbonyl (C=O) groups excluding carboxylic acids is 2. The van der Waals surface area contributed by atoms with E-state index in [1.54, 1.807) is 23.6 Å². The first-order valence-electron chi connectivity index (χ1n) is 13.9. The van der Waals surface area contributed by atoms with E-state index in [-0.39, 0.29) is 29.1 Å². The Balaban J connectivity index is 2.25. The highest BCUT2D eigenvalue weighted by atomic mass is 32.1. The van der Waals surface area contributed by atoms with Crippen LogP contribution in [-0.2, 0) is 19.7 Å². The second-order valence-corrected chi connectivity index (χ2v) is 13.7. The van der Waals surface area contributed by atoms with Gasteiger partial charge in [0.05, 0.1) is 31.0 Å². The molecule has 0 aliphatic carbocycles. The number of hydrogen-bond donors (Lipinski definition) is 0. The molecule has 216 valence electrons. The number of benzene rings is 1. The van der Waals surface area contributed by atoms with Crippen LogP contribution in [0.25, 0.3) is 0 Å². The normalized spacial score (nSPS) is 21.9. The van der Waals surface area contributed by atoms with Crippen LogP contribution in [0.3, 0.4) is 0 Å². The number of esters is 1. The lowest BCUT2D eigenvalue weighted by atomic mass is 9.83. The summed E-state index contributed by atoms with van der Waals surface area (Å²) in [5.41, 5.74) is 1.97. The van der Waals surface area contributed by atoms with Crippen molar-refractivity contribution in [3.63, 3.8) is 0 Å². The van der Waals surface area contributed by atoms with E-state index in [0.717, 1.165) is 11.3 Å². The van der Waals surface area contributed by atoms with Crippen LogP contribution in [-0.4, -0.2) is 53.2 Å². The van der Waals surface area contributed by atoms with Crippen molar-refractivity contribution in [1.82, 2.24) is 9.88 Å². The largest absolute Gasteiger partial charge is 0.496 e. The SMILES string of the molecule is CCOC[C@H]1C[C@@](CC(C)C)(C(=O)OC(C)(C)C)N(C(=O)c2ccc(C(C)(C)C)c(OC)c2)C1c1cscn1. The number of aromatic nitrogens is 1. The topological polar surface area (TPSA) is 78.0 Å². The molecule has 0 radical (unpaired) electrons. The van der Waals surface area contributed by atoms with Crippen LogP contribution in [0.15, 0.2) is 29.1 Å². The van der Waals surface area contributed by atoms with Gasteiger partial charge in [0, 0.05) is 23.5 Å². The van der Waals surface area contributed by atoms with E-state index in [0.29, 0.717) is 37.4 Å². The van der Waals surface area contributed by atoms with Crippen molar-refractivity contribution in [3.05, 3.63) is 45.9 Å². The van der Waals surface area contributed by atoms with Gasteiger partial charge in [-0.25, -0.2) is 9.78 Å². The molecule has 0 bridgehead atoms. The molecule has 1 aliphatic heterocycles. The first-order valence-corrected chi connectivity index (χ1v) is 14.8. The number of carbonyl (C=O) groups is 2. The predicted octanol–water partition coefficient (Wildman–Crippen LogP) is 6.82. The van der Waals surface area contributed by atoms with E-state index in [4.69, 9.17) is 14.2 Å². The Hall–Kier alpha value is -2.45. The fourth-order valence-corrected chi connectivity index (χ4v) is 6.26. The molecule has 39 heavy (non-hydrogen) atoms. The molecule has 1 amide bonds. The molecule has 3 atom stereocenters. The zero-order chi connectivity index (χ0) is 29.2. The second-order valence-electron chi connectivity index (χ2n) is 13.0. The van der Waals surface area contributed by atoms with E-state index in [1.807, 2.05) is 45.2 Å². The Morgan fingerprint density at radius 3 is 2.38 bits per heavy atom. The van der Waals surface area contributed by atoms with Crippen LogP contribution < -0.4 is 4.74 Å². The summed E-state index contributed by atoms with van der Waals surface area (Å²) in [6.07, 6.45) is 0.902. The van der Waals surface area contributed by atoms with Gasteiger partial charge in [-0.1, -0.05) is 40.7 Å². The Bertz CT molecular complexity index is 1130. The number of ether oxygens (including phenoxy) is 3. The van der Waals surface area contributed by atoms with E-state index in [9.17, 15) is 9.59 Å². The molecule has 1 saturated heterocycles. The number of methoxy groups -OCH3 is 1. The predicted molar refractivity (Wildman–Crippen MR) is 155 cm³/mol. The van der Waals surface area contributed by atoms with Crippen LogP contribution in [0.2, 0.25) is 0 Å². The zero-order valence-corrected chi connectivity index (χ0v) is 26.1. The third-order valence-corrected chi connectivity index (χ3v) is 7.68. The van der Waals surface area contributed by atoms with Crippen molar-refractivity contribution >= 4 is 23.2 Å². The minimum atomic E-state index is -1.18. The van der Waals surface area contributed by atoms with Crippen molar-refractivity contribution in [3.8, 4) is 5.75 Å². The Labute approximate surface area is 238 Å². The molecular formula is C31H46N2O5S. The lowest BCUT2D eigenvalue weighted by Crippen LogP contribution is -2.56. The highest BCUT2D eigenvalue weighted by Crippen LogP contribution is 2.51. The molecule has 1 aliphatic rings. The molecule has 3 rings (SSSR count). The van der Waals surface area contributed by atoms with Crippen LogP contribution in [0, 0.1) is 11.8 Å². The van der Waals surface area contributed by atoms with Crippen LogP contribution >= 0.6 is 11.3 Å². The third kappa shape index (κ3) is 6.83. The zero-order valence-electron chi connectivity index (χ0n) is 25.3.